The van der Waals surface area contributed by atoms with Crippen molar-refractivity contribution < 1.29 is 28.1 Å². The summed E-state index contributed by atoms with van der Waals surface area (Å²) >= 11 is 0. The Balaban J connectivity index is 0.00000127. The van der Waals surface area contributed by atoms with E-state index in [-0.39, 0.29) is 22.4 Å². The second-order valence-electron chi connectivity index (χ2n) is 4.99. The molecule has 0 radical (unpaired) electrons. The van der Waals surface area contributed by atoms with Crippen molar-refractivity contribution in [2.24, 2.45) is 0 Å². The van der Waals surface area contributed by atoms with Crippen LogP contribution in [0.1, 0.15) is 39.2 Å². The van der Waals surface area contributed by atoms with Crippen LogP contribution in [0.3, 0.4) is 0 Å². The highest BCUT2D eigenvalue weighted by Crippen LogP contribution is 2.39. The molecule has 7 heteroatoms. The van der Waals surface area contributed by atoms with Gasteiger partial charge in [-0.15, -0.1) is 4.39 Å². The molecule has 0 unspecified atom stereocenters. The van der Waals surface area contributed by atoms with Crippen LogP contribution in [0.15, 0.2) is 18.2 Å². The number of nitrogen functional groups attached to an aromatic ring is 1. The molecule has 23 heavy (non-hydrogen) atoms. The van der Waals surface area contributed by atoms with Crippen LogP contribution in [-0.4, -0.2) is 16.4 Å². The minimum absolute atomic E-state index is 0.0955. The predicted molar refractivity (Wildman–Crippen MR) is 82.6 cm³/mol. The van der Waals surface area contributed by atoms with E-state index in [1.54, 1.807) is 13.8 Å². The molecule has 0 atom stereocenters. The molecule has 0 aliphatic heterocycles. The van der Waals surface area contributed by atoms with Gasteiger partial charge in [-0.3, -0.25) is 0 Å². The molecule has 0 aliphatic carbocycles. The molecule has 0 aromatic heterocycles. The molecule has 4 N–H and O–H groups in total. The number of nitrogens with two attached hydrogens (primary N) is 1. The van der Waals surface area contributed by atoms with E-state index in [9.17, 15) is 13.2 Å². The third-order valence-electron chi connectivity index (χ3n) is 3.00. The lowest BCUT2D eigenvalue weighted by molar-refractivity contribution is -0.375. The van der Waals surface area contributed by atoms with Gasteiger partial charge in [0.05, 0.1) is 0 Å². The zero-order valence-electron chi connectivity index (χ0n) is 13.3. The summed E-state index contributed by atoms with van der Waals surface area (Å²) in [5, 5.41) is 17.2. The third-order valence-corrected chi connectivity index (χ3v) is 3.00. The van der Waals surface area contributed by atoms with Crippen molar-refractivity contribution in [2.45, 2.75) is 39.8 Å². The molecule has 0 amide bonds. The molecule has 2 aromatic carbocycles. The van der Waals surface area contributed by atoms with Gasteiger partial charge in [-0.2, -0.15) is 0 Å². The van der Waals surface area contributed by atoms with Gasteiger partial charge in [-0.05, 0) is 23.6 Å². The average Bonchev–Trinajstić information content (AvgIpc) is 2.43. The van der Waals surface area contributed by atoms with Gasteiger partial charge < -0.3 is 20.7 Å². The SMILES string of the molecule is CC.CC(C)c1cc(N)cc2c(F)cc(F)c(OC(O)(O)F)c12. The quantitative estimate of drug-likeness (QED) is 0.591. The second kappa shape index (κ2) is 7.06. The Labute approximate surface area is 132 Å². The average molecular weight is 331 g/mol. The minimum atomic E-state index is -4.08. The minimum Gasteiger partial charge on any atom is -0.409 e. The van der Waals surface area contributed by atoms with E-state index in [2.05, 4.69) is 4.74 Å². The van der Waals surface area contributed by atoms with E-state index in [1.165, 1.54) is 12.1 Å². The highest BCUT2D eigenvalue weighted by Gasteiger charge is 2.29. The maximum atomic E-state index is 13.9. The van der Waals surface area contributed by atoms with Crippen molar-refractivity contribution in [3.8, 4) is 5.75 Å². The highest BCUT2D eigenvalue weighted by atomic mass is 19.2. The summed E-state index contributed by atoms with van der Waals surface area (Å²) < 4.78 is 44.9. The fourth-order valence-electron chi connectivity index (χ4n) is 2.19. The number of halogens is 3. The number of hydrogen-bond donors (Lipinski definition) is 3. The smallest absolute Gasteiger partial charge is 0.409 e. The first-order valence-corrected chi connectivity index (χ1v) is 7.14. The van der Waals surface area contributed by atoms with Gasteiger partial charge in [-0.1, -0.05) is 27.7 Å². The molecular formula is C16H20F3NO3. The van der Waals surface area contributed by atoms with Crippen molar-refractivity contribution in [1.82, 2.24) is 0 Å². The maximum Gasteiger partial charge on any atom is 0.492 e. The number of benzene rings is 2. The van der Waals surface area contributed by atoms with E-state index >= 15 is 0 Å². The summed E-state index contributed by atoms with van der Waals surface area (Å²) in [6.45, 7) is 7.47. The molecule has 0 saturated carbocycles. The first-order chi connectivity index (χ1) is 10.6. The Morgan fingerprint density at radius 1 is 1.09 bits per heavy atom. The topological polar surface area (TPSA) is 75.7 Å². The van der Waals surface area contributed by atoms with Gasteiger partial charge in [0.1, 0.15) is 5.82 Å². The van der Waals surface area contributed by atoms with Gasteiger partial charge in [0.25, 0.3) is 0 Å². The maximum absolute atomic E-state index is 13.9. The normalized spacial score (nSPS) is 11.4. The first kappa shape index (κ1) is 19.1. The molecule has 0 spiro atoms. The van der Waals surface area contributed by atoms with Crippen LogP contribution in [0.25, 0.3) is 10.8 Å². The number of anilines is 1. The van der Waals surface area contributed by atoms with E-state index in [0.29, 0.717) is 11.6 Å². The van der Waals surface area contributed by atoms with Crippen molar-refractivity contribution in [2.75, 3.05) is 5.73 Å². The Hall–Kier alpha value is -1.99. The molecule has 2 rings (SSSR count). The Morgan fingerprint density at radius 3 is 2.13 bits per heavy atom. The van der Waals surface area contributed by atoms with Crippen molar-refractivity contribution >= 4 is 16.5 Å². The lowest BCUT2D eigenvalue weighted by Crippen LogP contribution is -2.29. The van der Waals surface area contributed by atoms with Crippen molar-refractivity contribution in [1.29, 1.82) is 0 Å². The zero-order valence-corrected chi connectivity index (χ0v) is 13.3. The van der Waals surface area contributed by atoms with Crippen LogP contribution in [0.2, 0.25) is 0 Å². The van der Waals surface area contributed by atoms with Gasteiger partial charge in [0, 0.05) is 22.5 Å². The first-order valence-electron chi connectivity index (χ1n) is 7.14. The van der Waals surface area contributed by atoms with Crippen LogP contribution < -0.4 is 10.5 Å². The fraction of sp³-hybridized carbons (Fsp3) is 0.375. The number of ether oxygens (including phenoxy) is 1. The number of alkyl halides is 1. The van der Waals surface area contributed by atoms with Crippen molar-refractivity contribution in [3.05, 3.63) is 35.4 Å². The number of hydrogen-bond acceptors (Lipinski definition) is 4. The standard InChI is InChI=1S/C14H14F3NO3.C2H6/c1-6(2)8-3-7(18)4-9-10(15)5-11(16)13(12(8)9)21-14(17,19)20;1-2/h3-6,19-20H,18H2,1-2H3;1-2H3. The van der Waals surface area contributed by atoms with Gasteiger partial charge in [-0.25, -0.2) is 8.78 Å². The molecule has 0 fully saturated rings. The largest absolute Gasteiger partial charge is 0.492 e. The van der Waals surface area contributed by atoms with E-state index in [1.807, 2.05) is 13.8 Å². The van der Waals surface area contributed by atoms with E-state index in [0.717, 1.165) is 0 Å². The van der Waals surface area contributed by atoms with Crippen LogP contribution in [0, 0.1) is 11.6 Å². The highest BCUT2D eigenvalue weighted by molar-refractivity contribution is 5.94. The van der Waals surface area contributed by atoms with Gasteiger partial charge >= 0.3 is 6.23 Å². The molecule has 0 saturated heterocycles. The van der Waals surface area contributed by atoms with Crippen LogP contribution in [-0.2, 0) is 0 Å². The zero-order chi connectivity index (χ0) is 17.9. The molecule has 2 aromatic rings. The summed E-state index contributed by atoms with van der Waals surface area (Å²) in [5.41, 5.74) is 6.30. The number of fused-ring (bicyclic) bond motifs is 1. The fourth-order valence-corrected chi connectivity index (χ4v) is 2.19. The molecular weight excluding hydrogens is 311 g/mol. The van der Waals surface area contributed by atoms with Crippen LogP contribution in [0.5, 0.6) is 5.75 Å². The van der Waals surface area contributed by atoms with E-state index < -0.39 is 23.6 Å². The molecule has 0 heterocycles. The lowest BCUT2D eigenvalue weighted by Gasteiger charge is -2.19. The second-order valence-corrected chi connectivity index (χ2v) is 4.99. The molecule has 128 valence electrons. The summed E-state index contributed by atoms with van der Waals surface area (Å²) in [5.74, 6) is -3.17. The monoisotopic (exact) mass is 331 g/mol. The van der Waals surface area contributed by atoms with Crippen LogP contribution in [0.4, 0.5) is 18.9 Å². The van der Waals surface area contributed by atoms with Crippen molar-refractivity contribution in [3.63, 3.8) is 0 Å². The summed E-state index contributed by atoms with van der Waals surface area (Å²) in [6, 6.07) is 3.16. The number of aliphatic hydroxyl groups is 2. The van der Waals surface area contributed by atoms with Gasteiger partial charge in [0.2, 0.25) is 0 Å². The predicted octanol–water partition coefficient (Wildman–Crippen LogP) is 3.79. The third kappa shape index (κ3) is 4.27. The Morgan fingerprint density at radius 2 is 1.65 bits per heavy atom. The lowest BCUT2D eigenvalue weighted by atomic mass is 9.94. The summed E-state index contributed by atoms with van der Waals surface area (Å²) in [7, 11) is 0. The van der Waals surface area contributed by atoms with Crippen LogP contribution >= 0.6 is 0 Å². The molecule has 4 nitrogen and oxygen atoms in total. The van der Waals surface area contributed by atoms with E-state index in [4.69, 9.17) is 15.9 Å². The molecule has 0 aliphatic rings. The Kier molecular flexibility index (Phi) is 5.85. The number of rotatable bonds is 3. The summed E-state index contributed by atoms with van der Waals surface area (Å²) in [6.07, 6.45) is -4.08. The Bertz CT molecular complexity index is 697. The summed E-state index contributed by atoms with van der Waals surface area (Å²) in [4.78, 5) is 0. The van der Waals surface area contributed by atoms with Gasteiger partial charge in [0.15, 0.2) is 11.6 Å². The molecule has 0 bridgehead atoms.